The maximum absolute atomic E-state index is 12.4. The average molecular weight is 363 g/mol. The van der Waals surface area contributed by atoms with Crippen molar-refractivity contribution in [1.82, 2.24) is 9.71 Å². The van der Waals surface area contributed by atoms with Gasteiger partial charge in [0.25, 0.3) is 0 Å². The highest BCUT2D eigenvalue weighted by atomic mass is 35.5. The number of aryl methyl sites for hydroxylation is 2. The van der Waals surface area contributed by atoms with Crippen molar-refractivity contribution in [3.8, 4) is 0 Å². The summed E-state index contributed by atoms with van der Waals surface area (Å²) in [5, 5.41) is 1.73. The van der Waals surface area contributed by atoms with Crippen molar-refractivity contribution in [2.24, 2.45) is 0 Å². The lowest BCUT2D eigenvalue weighted by atomic mass is 10.1. The van der Waals surface area contributed by atoms with E-state index in [9.17, 15) is 8.42 Å². The number of hydrogen-bond donors (Lipinski definition) is 2. The van der Waals surface area contributed by atoms with Gasteiger partial charge >= 0.3 is 0 Å². The first kappa shape index (κ1) is 17.0. The van der Waals surface area contributed by atoms with Crippen LogP contribution in [0.25, 0.3) is 10.9 Å². The second kappa shape index (κ2) is 6.59. The smallest absolute Gasteiger partial charge is 0.240 e. The van der Waals surface area contributed by atoms with E-state index in [0.717, 1.165) is 27.6 Å². The fourth-order valence-electron chi connectivity index (χ4n) is 2.65. The summed E-state index contributed by atoms with van der Waals surface area (Å²) in [5.74, 6) is 0. The van der Waals surface area contributed by atoms with Crippen LogP contribution in [0.2, 0.25) is 5.02 Å². The zero-order valence-corrected chi connectivity index (χ0v) is 15.1. The molecule has 4 nitrogen and oxygen atoms in total. The van der Waals surface area contributed by atoms with Crippen LogP contribution in [0, 0.1) is 13.8 Å². The molecule has 0 saturated heterocycles. The van der Waals surface area contributed by atoms with Gasteiger partial charge in [-0.1, -0.05) is 23.7 Å². The Kier molecular flexibility index (Phi) is 4.67. The van der Waals surface area contributed by atoms with Crippen LogP contribution in [-0.2, 0) is 16.4 Å². The van der Waals surface area contributed by atoms with Crippen molar-refractivity contribution >= 4 is 32.5 Å². The monoisotopic (exact) mass is 362 g/mol. The summed E-state index contributed by atoms with van der Waals surface area (Å²) in [6, 6.07) is 10.8. The molecule has 0 aliphatic carbocycles. The van der Waals surface area contributed by atoms with Gasteiger partial charge in [-0.15, -0.1) is 0 Å². The van der Waals surface area contributed by atoms with E-state index in [0.29, 0.717) is 22.9 Å². The molecule has 24 heavy (non-hydrogen) atoms. The molecule has 0 atom stereocenters. The van der Waals surface area contributed by atoms with E-state index in [2.05, 4.69) is 9.71 Å². The van der Waals surface area contributed by atoms with Gasteiger partial charge in [0, 0.05) is 28.7 Å². The topological polar surface area (TPSA) is 62.0 Å². The van der Waals surface area contributed by atoms with Gasteiger partial charge in [0.2, 0.25) is 10.0 Å². The molecule has 2 N–H and O–H groups in total. The van der Waals surface area contributed by atoms with Crippen molar-refractivity contribution in [1.29, 1.82) is 0 Å². The van der Waals surface area contributed by atoms with Crippen LogP contribution in [0.15, 0.2) is 47.5 Å². The molecule has 1 aromatic heterocycles. The summed E-state index contributed by atoms with van der Waals surface area (Å²) in [6.07, 6.45) is 2.50. The average Bonchev–Trinajstić information content (AvgIpc) is 2.92. The molecule has 0 aliphatic rings. The largest absolute Gasteiger partial charge is 0.361 e. The molecule has 0 saturated carbocycles. The van der Waals surface area contributed by atoms with Crippen LogP contribution in [-0.4, -0.2) is 19.9 Å². The minimum Gasteiger partial charge on any atom is -0.361 e. The summed E-state index contributed by atoms with van der Waals surface area (Å²) in [5.41, 5.74) is 4.05. The molecule has 0 unspecified atom stereocenters. The van der Waals surface area contributed by atoms with Gasteiger partial charge in [0.1, 0.15) is 0 Å². The molecule has 0 bridgehead atoms. The third-order valence-corrected chi connectivity index (χ3v) is 5.90. The third-order valence-electron chi connectivity index (χ3n) is 4.20. The molecule has 3 aromatic rings. The van der Waals surface area contributed by atoms with Gasteiger partial charge in [0.05, 0.1) is 4.90 Å². The lowest BCUT2D eigenvalue weighted by molar-refractivity contribution is 0.581. The van der Waals surface area contributed by atoms with E-state index in [1.807, 2.05) is 44.3 Å². The summed E-state index contributed by atoms with van der Waals surface area (Å²) in [4.78, 5) is 3.46. The lowest BCUT2D eigenvalue weighted by Gasteiger charge is -2.08. The number of fused-ring (bicyclic) bond motifs is 1. The Morgan fingerprint density at radius 2 is 1.88 bits per heavy atom. The Labute approximate surface area is 146 Å². The second-order valence-corrected chi connectivity index (χ2v) is 8.10. The van der Waals surface area contributed by atoms with E-state index in [4.69, 9.17) is 11.6 Å². The fraction of sp³-hybridized carbons (Fsp3) is 0.222. The number of H-pyrrole nitrogens is 1. The minimum absolute atomic E-state index is 0.302. The number of benzene rings is 2. The highest BCUT2D eigenvalue weighted by molar-refractivity contribution is 7.89. The van der Waals surface area contributed by atoms with Crippen LogP contribution >= 0.6 is 11.6 Å². The van der Waals surface area contributed by atoms with Crippen LogP contribution in [0.1, 0.15) is 16.7 Å². The second-order valence-electron chi connectivity index (χ2n) is 5.90. The van der Waals surface area contributed by atoms with Gasteiger partial charge in [-0.05, 0) is 61.2 Å². The van der Waals surface area contributed by atoms with E-state index >= 15 is 0 Å². The molecule has 3 rings (SSSR count). The Morgan fingerprint density at radius 3 is 2.62 bits per heavy atom. The summed E-state index contributed by atoms with van der Waals surface area (Å²) in [6.45, 7) is 4.21. The minimum atomic E-state index is -3.49. The normalized spacial score (nSPS) is 12.0. The van der Waals surface area contributed by atoms with Gasteiger partial charge in [0.15, 0.2) is 0 Å². The third kappa shape index (κ3) is 3.48. The Morgan fingerprint density at radius 1 is 1.08 bits per heavy atom. The number of rotatable bonds is 5. The van der Waals surface area contributed by atoms with Gasteiger partial charge in [-0.3, -0.25) is 0 Å². The number of aromatic nitrogens is 1. The Hall–Kier alpha value is -1.82. The first-order chi connectivity index (χ1) is 11.4. The number of aromatic amines is 1. The van der Waals surface area contributed by atoms with Crippen LogP contribution < -0.4 is 4.72 Å². The number of nitrogens with one attached hydrogen (secondary N) is 2. The Bertz CT molecular complexity index is 993. The Balaban J connectivity index is 1.71. The highest BCUT2D eigenvalue weighted by Crippen LogP contribution is 2.22. The molecule has 2 aromatic carbocycles. The molecule has 0 fully saturated rings. The molecule has 6 heteroatoms. The van der Waals surface area contributed by atoms with Crippen molar-refractivity contribution in [2.45, 2.75) is 25.2 Å². The van der Waals surface area contributed by atoms with Crippen molar-refractivity contribution in [2.75, 3.05) is 6.54 Å². The molecular formula is C18H19ClN2O2S. The van der Waals surface area contributed by atoms with E-state index in [1.165, 1.54) is 0 Å². The molecular weight excluding hydrogens is 344 g/mol. The summed E-state index contributed by atoms with van der Waals surface area (Å²) >= 11 is 5.97. The van der Waals surface area contributed by atoms with Crippen molar-refractivity contribution in [3.63, 3.8) is 0 Å². The fourth-order valence-corrected chi connectivity index (χ4v) is 3.94. The molecule has 0 amide bonds. The molecule has 1 heterocycles. The zero-order valence-electron chi connectivity index (χ0n) is 13.6. The molecule has 0 radical (unpaired) electrons. The first-order valence-electron chi connectivity index (χ1n) is 7.69. The SMILES string of the molecule is Cc1ccc(S(=O)(=O)NCCc2c[nH]c3cc(Cl)ccc23)cc1C. The van der Waals surface area contributed by atoms with Crippen LogP contribution in [0.3, 0.4) is 0 Å². The maximum Gasteiger partial charge on any atom is 0.240 e. The predicted molar refractivity (Wildman–Crippen MR) is 98.1 cm³/mol. The zero-order chi connectivity index (χ0) is 17.3. The molecule has 0 aliphatic heterocycles. The van der Waals surface area contributed by atoms with Gasteiger partial charge in [-0.2, -0.15) is 0 Å². The number of hydrogen-bond acceptors (Lipinski definition) is 2. The maximum atomic E-state index is 12.4. The summed E-state index contributed by atoms with van der Waals surface area (Å²) in [7, 11) is -3.49. The molecule has 126 valence electrons. The van der Waals surface area contributed by atoms with Crippen LogP contribution in [0.4, 0.5) is 0 Å². The number of halogens is 1. The van der Waals surface area contributed by atoms with Gasteiger partial charge in [-0.25, -0.2) is 13.1 Å². The summed E-state index contributed by atoms with van der Waals surface area (Å²) < 4.78 is 27.5. The van der Waals surface area contributed by atoms with E-state index in [-0.39, 0.29) is 0 Å². The number of sulfonamides is 1. The first-order valence-corrected chi connectivity index (χ1v) is 9.55. The standard InChI is InChI=1S/C18H19ClN2O2S/c1-12-3-5-16(9-13(12)2)24(22,23)21-8-7-14-11-20-18-10-15(19)4-6-17(14)18/h3-6,9-11,20-21H,7-8H2,1-2H3. The highest BCUT2D eigenvalue weighted by Gasteiger charge is 2.14. The van der Waals surface area contributed by atoms with E-state index < -0.39 is 10.0 Å². The quantitative estimate of drug-likeness (QED) is 0.721. The van der Waals surface area contributed by atoms with Crippen molar-refractivity contribution < 1.29 is 8.42 Å². The lowest BCUT2D eigenvalue weighted by Crippen LogP contribution is -2.26. The van der Waals surface area contributed by atoms with Crippen LogP contribution in [0.5, 0.6) is 0 Å². The van der Waals surface area contributed by atoms with E-state index in [1.54, 1.807) is 12.1 Å². The predicted octanol–water partition coefficient (Wildman–Crippen LogP) is 3.96. The molecule has 0 spiro atoms. The van der Waals surface area contributed by atoms with Crippen molar-refractivity contribution in [3.05, 3.63) is 64.3 Å². The van der Waals surface area contributed by atoms with Gasteiger partial charge < -0.3 is 4.98 Å².